The van der Waals surface area contributed by atoms with Crippen molar-refractivity contribution in [2.24, 2.45) is 5.92 Å². The van der Waals surface area contributed by atoms with E-state index in [0.29, 0.717) is 25.1 Å². The Labute approximate surface area is 165 Å². The first kappa shape index (κ1) is 20.4. The number of piperidine rings is 1. The number of aromatic nitrogens is 1. The first-order valence-electron chi connectivity index (χ1n) is 9.29. The molecular weight excluding hydrogens is 381 g/mol. The molecule has 8 heteroatoms. The third-order valence-electron chi connectivity index (χ3n) is 4.86. The Kier molecular flexibility index (Phi) is 6.10. The average Bonchev–Trinajstić information content (AvgIpc) is 2.69. The second-order valence-corrected chi connectivity index (χ2v) is 9.11. The Morgan fingerprint density at radius 1 is 1.25 bits per heavy atom. The molecule has 1 saturated heterocycles. The molecule has 0 saturated carbocycles. The van der Waals surface area contributed by atoms with Gasteiger partial charge in [-0.25, -0.2) is 12.8 Å². The summed E-state index contributed by atoms with van der Waals surface area (Å²) < 4.78 is 40.3. The highest BCUT2D eigenvalue weighted by molar-refractivity contribution is 7.89. The van der Waals surface area contributed by atoms with Crippen LogP contribution in [0, 0.1) is 11.7 Å². The van der Waals surface area contributed by atoms with Gasteiger partial charge in [-0.05, 0) is 63.1 Å². The summed E-state index contributed by atoms with van der Waals surface area (Å²) in [5.41, 5.74) is 0.695. The van der Waals surface area contributed by atoms with Crippen molar-refractivity contribution in [1.29, 1.82) is 0 Å². The molecule has 150 valence electrons. The molecule has 2 aromatic rings. The number of benzene rings is 1. The molecule has 2 heterocycles. The third-order valence-corrected chi connectivity index (χ3v) is 6.74. The number of rotatable bonds is 5. The van der Waals surface area contributed by atoms with E-state index in [1.165, 1.54) is 16.4 Å². The number of carbonyl (C=O) groups is 1. The van der Waals surface area contributed by atoms with Gasteiger partial charge in [0.1, 0.15) is 5.82 Å². The maximum atomic E-state index is 13.2. The number of amides is 1. The van der Waals surface area contributed by atoms with E-state index in [-0.39, 0.29) is 23.4 Å². The summed E-state index contributed by atoms with van der Waals surface area (Å²) in [7, 11) is -3.77. The molecule has 3 rings (SSSR count). The Hall–Kier alpha value is -2.32. The molecule has 1 aromatic heterocycles. The highest BCUT2D eigenvalue weighted by atomic mass is 32.2. The molecule has 1 amide bonds. The molecular formula is C20H24FN3O3S. The van der Waals surface area contributed by atoms with E-state index in [9.17, 15) is 17.6 Å². The van der Waals surface area contributed by atoms with Crippen molar-refractivity contribution in [2.45, 2.75) is 37.6 Å². The molecule has 28 heavy (non-hydrogen) atoms. The van der Waals surface area contributed by atoms with Crippen LogP contribution in [0.5, 0.6) is 0 Å². The topological polar surface area (TPSA) is 70.6 Å². The fraction of sp³-hybridized carbons (Fsp3) is 0.400. The summed E-state index contributed by atoms with van der Waals surface area (Å²) in [6.45, 7) is 4.29. The fourth-order valence-electron chi connectivity index (χ4n) is 3.49. The van der Waals surface area contributed by atoms with Crippen molar-refractivity contribution in [3.8, 4) is 0 Å². The smallest absolute Gasteiger partial charge is 0.243 e. The normalized spacial score (nSPS) is 18.2. The summed E-state index contributed by atoms with van der Waals surface area (Å²) in [5, 5.41) is 0. The number of carbonyl (C=O) groups excluding carboxylic acids is 1. The Morgan fingerprint density at radius 3 is 2.57 bits per heavy atom. The van der Waals surface area contributed by atoms with Crippen LogP contribution in [0.25, 0.3) is 0 Å². The second-order valence-electron chi connectivity index (χ2n) is 7.17. The molecule has 1 aliphatic heterocycles. The van der Waals surface area contributed by atoms with E-state index in [0.717, 1.165) is 12.1 Å². The Bertz CT molecular complexity index is 917. The zero-order valence-electron chi connectivity index (χ0n) is 16.0. The van der Waals surface area contributed by atoms with Crippen molar-refractivity contribution in [2.75, 3.05) is 18.0 Å². The highest BCUT2D eigenvalue weighted by Crippen LogP contribution is 2.27. The molecule has 0 radical (unpaired) electrons. The number of halogens is 1. The predicted molar refractivity (Wildman–Crippen MR) is 105 cm³/mol. The molecule has 1 fully saturated rings. The largest absolute Gasteiger partial charge is 0.308 e. The molecule has 0 bridgehead atoms. The first-order chi connectivity index (χ1) is 13.3. The number of sulfonamides is 1. The SMILES string of the molecule is CC(C)N(C(=O)C1CCCN(S(=O)(=O)c2ccc(F)cc2)C1)c1cccnc1. The van der Waals surface area contributed by atoms with Gasteiger partial charge < -0.3 is 4.90 Å². The van der Waals surface area contributed by atoms with E-state index in [4.69, 9.17) is 0 Å². The number of hydrogen-bond acceptors (Lipinski definition) is 4. The van der Waals surface area contributed by atoms with Crippen LogP contribution in [0.2, 0.25) is 0 Å². The minimum atomic E-state index is -3.77. The van der Waals surface area contributed by atoms with Crippen LogP contribution < -0.4 is 4.90 Å². The third kappa shape index (κ3) is 4.23. The van der Waals surface area contributed by atoms with Crippen LogP contribution in [0.4, 0.5) is 10.1 Å². The second kappa shape index (κ2) is 8.36. The molecule has 1 unspecified atom stereocenters. The van der Waals surface area contributed by atoms with Crippen molar-refractivity contribution in [3.05, 3.63) is 54.6 Å². The lowest BCUT2D eigenvalue weighted by Crippen LogP contribution is -2.48. The Morgan fingerprint density at radius 2 is 1.96 bits per heavy atom. The number of hydrogen-bond donors (Lipinski definition) is 0. The summed E-state index contributed by atoms with van der Waals surface area (Å²) in [5.74, 6) is -1.04. The predicted octanol–water partition coefficient (Wildman–Crippen LogP) is 3.06. The lowest BCUT2D eigenvalue weighted by molar-refractivity contribution is -0.123. The zero-order valence-corrected chi connectivity index (χ0v) is 16.8. The minimum Gasteiger partial charge on any atom is -0.308 e. The summed E-state index contributed by atoms with van der Waals surface area (Å²) in [6, 6.07) is 8.27. The summed E-state index contributed by atoms with van der Waals surface area (Å²) in [4.78, 5) is 19.0. The van der Waals surface area contributed by atoms with Gasteiger partial charge in [0.05, 0.1) is 22.7 Å². The molecule has 0 N–H and O–H groups in total. The van der Waals surface area contributed by atoms with Gasteiger partial charge in [0, 0.05) is 25.3 Å². The van der Waals surface area contributed by atoms with E-state index >= 15 is 0 Å². The van der Waals surface area contributed by atoms with Crippen molar-refractivity contribution in [3.63, 3.8) is 0 Å². The van der Waals surface area contributed by atoms with E-state index < -0.39 is 21.8 Å². The van der Waals surface area contributed by atoms with Crippen LogP contribution >= 0.6 is 0 Å². The van der Waals surface area contributed by atoms with Crippen LogP contribution in [-0.2, 0) is 14.8 Å². The summed E-state index contributed by atoms with van der Waals surface area (Å²) in [6.07, 6.45) is 4.49. The van der Waals surface area contributed by atoms with Gasteiger partial charge in [0.15, 0.2) is 0 Å². The maximum Gasteiger partial charge on any atom is 0.243 e. The van der Waals surface area contributed by atoms with Crippen LogP contribution in [0.1, 0.15) is 26.7 Å². The molecule has 0 aliphatic carbocycles. The highest BCUT2D eigenvalue weighted by Gasteiger charge is 2.36. The van der Waals surface area contributed by atoms with E-state index in [1.54, 1.807) is 23.4 Å². The molecule has 1 atom stereocenters. The van der Waals surface area contributed by atoms with Gasteiger partial charge in [0.2, 0.25) is 15.9 Å². The van der Waals surface area contributed by atoms with Crippen molar-refractivity contribution >= 4 is 21.6 Å². The number of anilines is 1. The van der Waals surface area contributed by atoms with Gasteiger partial charge in [0.25, 0.3) is 0 Å². The lowest BCUT2D eigenvalue weighted by atomic mass is 9.97. The standard InChI is InChI=1S/C20H24FN3O3S/c1-15(2)24(18-6-3-11-22-13-18)20(25)16-5-4-12-23(14-16)28(26,27)19-9-7-17(21)8-10-19/h3,6-11,13,15-16H,4-5,12,14H2,1-2H3. The maximum absolute atomic E-state index is 13.2. The van der Waals surface area contributed by atoms with Gasteiger partial charge in [-0.1, -0.05) is 0 Å². The van der Waals surface area contributed by atoms with E-state index in [1.807, 2.05) is 19.9 Å². The molecule has 0 spiro atoms. The monoisotopic (exact) mass is 405 g/mol. The number of nitrogens with zero attached hydrogens (tertiary/aromatic N) is 3. The molecule has 6 nitrogen and oxygen atoms in total. The lowest BCUT2D eigenvalue weighted by Gasteiger charge is -2.35. The average molecular weight is 405 g/mol. The van der Waals surface area contributed by atoms with Crippen LogP contribution in [0.15, 0.2) is 53.7 Å². The van der Waals surface area contributed by atoms with Gasteiger partial charge in [-0.2, -0.15) is 4.31 Å². The van der Waals surface area contributed by atoms with Crippen LogP contribution in [0.3, 0.4) is 0 Å². The summed E-state index contributed by atoms with van der Waals surface area (Å²) >= 11 is 0. The van der Waals surface area contributed by atoms with Crippen molar-refractivity contribution < 1.29 is 17.6 Å². The zero-order chi connectivity index (χ0) is 20.3. The van der Waals surface area contributed by atoms with Gasteiger partial charge >= 0.3 is 0 Å². The fourth-order valence-corrected chi connectivity index (χ4v) is 5.01. The molecule has 1 aliphatic rings. The molecule has 1 aromatic carbocycles. The minimum absolute atomic E-state index is 0.0370. The first-order valence-corrected chi connectivity index (χ1v) is 10.7. The number of pyridine rings is 1. The quantitative estimate of drug-likeness (QED) is 0.767. The Balaban J connectivity index is 1.82. The van der Waals surface area contributed by atoms with Crippen molar-refractivity contribution in [1.82, 2.24) is 9.29 Å². The van der Waals surface area contributed by atoms with E-state index in [2.05, 4.69) is 4.98 Å². The van der Waals surface area contributed by atoms with Gasteiger partial charge in [-0.15, -0.1) is 0 Å². The van der Waals surface area contributed by atoms with Crippen LogP contribution in [-0.4, -0.2) is 42.7 Å². The van der Waals surface area contributed by atoms with Gasteiger partial charge in [-0.3, -0.25) is 9.78 Å².